The van der Waals surface area contributed by atoms with E-state index in [1.165, 1.54) is 0 Å². The van der Waals surface area contributed by atoms with Crippen LogP contribution in [0.4, 0.5) is 0 Å². The average Bonchev–Trinajstić information content (AvgIpc) is 2.23. The van der Waals surface area contributed by atoms with Crippen molar-refractivity contribution in [3.8, 4) is 5.75 Å². The molecule has 1 aromatic carbocycles. The van der Waals surface area contributed by atoms with E-state index in [1.807, 2.05) is 41.5 Å². The summed E-state index contributed by atoms with van der Waals surface area (Å²) in [7, 11) is 3.36. The maximum absolute atomic E-state index is 11.7. The highest BCUT2D eigenvalue weighted by molar-refractivity contribution is 8.13. The molecule has 1 rings (SSSR count). The van der Waals surface area contributed by atoms with E-state index >= 15 is 0 Å². The summed E-state index contributed by atoms with van der Waals surface area (Å²) in [6.45, 7) is 12.1. The molecule has 0 aliphatic carbocycles. The smallest absolute Gasteiger partial charge is 0.261 e. The third kappa shape index (κ3) is 3.67. The van der Waals surface area contributed by atoms with Gasteiger partial charge in [0.2, 0.25) is 0 Å². The normalized spacial score (nSPS) is 13.4. The Morgan fingerprint density at radius 3 is 1.50 bits per heavy atom. The van der Waals surface area contributed by atoms with E-state index in [2.05, 4.69) is 0 Å². The lowest BCUT2D eigenvalue weighted by Gasteiger charge is -2.29. The first kappa shape index (κ1) is 17.3. The van der Waals surface area contributed by atoms with Gasteiger partial charge in [-0.3, -0.25) is 0 Å². The highest BCUT2D eigenvalue weighted by Crippen LogP contribution is 2.41. The van der Waals surface area contributed by atoms with Crippen LogP contribution < -0.4 is 4.74 Å². The summed E-state index contributed by atoms with van der Waals surface area (Å²) in [4.78, 5) is 0.120. The van der Waals surface area contributed by atoms with E-state index in [9.17, 15) is 8.42 Å². The van der Waals surface area contributed by atoms with Gasteiger partial charge in [0.1, 0.15) is 5.75 Å². The fraction of sp³-hybridized carbons (Fsp3) is 0.600. The first-order valence-corrected chi connectivity index (χ1v) is 8.77. The van der Waals surface area contributed by atoms with Crippen molar-refractivity contribution in [2.75, 3.05) is 7.11 Å². The molecule has 0 saturated carbocycles. The summed E-state index contributed by atoms with van der Waals surface area (Å²) in [6.07, 6.45) is 0. The number of hydrogen-bond acceptors (Lipinski definition) is 3. The molecule has 0 aromatic heterocycles. The second-order valence-electron chi connectivity index (χ2n) is 6.99. The largest absolute Gasteiger partial charge is 0.496 e. The third-order valence-electron chi connectivity index (χ3n) is 3.16. The van der Waals surface area contributed by atoms with Crippen LogP contribution in [0.1, 0.15) is 52.7 Å². The molecule has 0 amide bonds. The van der Waals surface area contributed by atoms with Crippen molar-refractivity contribution in [2.24, 2.45) is 0 Å². The van der Waals surface area contributed by atoms with Crippen LogP contribution in [0, 0.1) is 0 Å². The lowest BCUT2D eigenvalue weighted by Crippen LogP contribution is -2.20. The van der Waals surface area contributed by atoms with Crippen molar-refractivity contribution in [1.82, 2.24) is 0 Å². The van der Waals surface area contributed by atoms with E-state index < -0.39 is 9.05 Å². The fourth-order valence-electron chi connectivity index (χ4n) is 2.08. The highest BCUT2D eigenvalue weighted by atomic mass is 35.7. The van der Waals surface area contributed by atoms with Gasteiger partial charge in [-0.1, -0.05) is 41.5 Å². The summed E-state index contributed by atoms with van der Waals surface area (Å²) >= 11 is 0. The molecule has 0 radical (unpaired) electrons. The van der Waals surface area contributed by atoms with Gasteiger partial charge in [0.15, 0.2) is 0 Å². The number of benzene rings is 1. The molecule has 3 nitrogen and oxygen atoms in total. The van der Waals surface area contributed by atoms with Gasteiger partial charge in [0, 0.05) is 21.8 Å². The van der Waals surface area contributed by atoms with Crippen LogP contribution in [0.5, 0.6) is 5.75 Å². The Bertz CT molecular complexity index is 570. The van der Waals surface area contributed by atoms with Crippen LogP contribution in [0.15, 0.2) is 17.0 Å². The molecule has 5 heteroatoms. The molecular formula is C15H23ClO3S. The molecule has 114 valence electrons. The summed E-state index contributed by atoms with van der Waals surface area (Å²) in [5.74, 6) is 0.731. The van der Waals surface area contributed by atoms with Crippen molar-refractivity contribution >= 4 is 19.7 Å². The minimum atomic E-state index is -3.78. The lowest BCUT2D eigenvalue weighted by atomic mass is 9.79. The van der Waals surface area contributed by atoms with Crippen LogP contribution in [0.25, 0.3) is 0 Å². The minimum Gasteiger partial charge on any atom is -0.496 e. The first-order chi connectivity index (χ1) is 8.78. The van der Waals surface area contributed by atoms with E-state index in [0.717, 1.165) is 16.9 Å². The monoisotopic (exact) mass is 318 g/mol. The number of methoxy groups -OCH3 is 1. The van der Waals surface area contributed by atoms with Gasteiger partial charge in [0.05, 0.1) is 12.0 Å². The van der Waals surface area contributed by atoms with E-state index in [0.29, 0.717) is 0 Å². The van der Waals surface area contributed by atoms with E-state index in [-0.39, 0.29) is 15.7 Å². The molecule has 20 heavy (non-hydrogen) atoms. The van der Waals surface area contributed by atoms with Crippen molar-refractivity contribution in [3.63, 3.8) is 0 Å². The topological polar surface area (TPSA) is 43.4 Å². The van der Waals surface area contributed by atoms with Gasteiger partial charge < -0.3 is 4.74 Å². The van der Waals surface area contributed by atoms with Crippen molar-refractivity contribution in [2.45, 2.75) is 57.3 Å². The van der Waals surface area contributed by atoms with E-state index in [1.54, 1.807) is 19.2 Å². The fourth-order valence-corrected chi connectivity index (χ4v) is 2.86. The average molecular weight is 319 g/mol. The molecule has 0 heterocycles. The third-order valence-corrected chi connectivity index (χ3v) is 4.50. The molecule has 1 aromatic rings. The highest BCUT2D eigenvalue weighted by Gasteiger charge is 2.29. The molecule has 0 unspecified atom stereocenters. The summed E-state index contributed by atoms with van der Waals surface area (Å²) in [5, 5.41) is 0. The minimum absolute atomic E-state index is 0.120. The van der Waals surface area contributed by atoms with Gasteiger partial charge in [-0.15, -0.1) is 0 Å². The molecule has 0 spiro atoms. The maximum atomic E-state index is 11.7. The second kappa shape index (κ2) is 5.23. The van der Waals surface area contributed by atoms with Crippen molar-refractivity contribution in [1.29, 1.82) is 0 Å². The number of ether oxygens (including phenoxy) is 1. The maximum Gasteiger partial charge on any atom is 0.261 e. The molecular weight excluding hydrogens is 296 g/mol. The predicted octanol–water partition coefficient (Wildman–Crippen LogP) is 4.22. The second-order valence-corrected chi connectivity index (χ2v) is 9.56. The number of rotatable bonds is 2. The van der Waals surface area contributed by atoms with Crippen LogP contribution in [-0.2, 0) is 19.9 Å². The van der Waals surface area contributed by atoms with E-state index in [4.69, 9.17) is 15.4 Å². The number of halogens is 1. The molecule has 0 fully saturated rings. The Morgan fingerprint density at radius 2 is 1.30 bits per heavy atom. The summed E-state index contributed by atoms with van der Waals surface area (Å²) < 4.78 is 29.0. The summed E-state index contributed by atoms with van der Waals surface area (Å²) in [6, 6.07) is 3.22. The zero-order chi connectivity index (χ0) is 15.9. The SMILES string of the molecule is COc1c(C(C)(C)C)cc(S(=O)(=O)Cl)cc1C(C)(C)C. The Kier molecular flexibility index (Phi) is 4.52. The lowest BCUT2D eigenvalue weighted by molar-refractivity contribution is 0.380. The zero-order valence-electron chi connectivity index (χ0n) is 13.2. The Labute approximate surface area is 126 Å². The van der Waals surface area contributed by atoms with Gasteiger partial charge in [-0.2, -0.15) is 0 Å². The summed E-state index contributed by atoms with van der Waals surface area (Å²) in [5.41, 5.74) is 1.18. The molecule has 0 aliphatic heterocycles. The molecule has 0 aliphatic rings. The molecule has 0 saturated heterocycles. The van der Waals surface area contributed by atoms with Crippen LogP contribution >= 0.6 is 10.7 Å². The molecule has 0 atom stereocenters. The standard InChI is InChI=1S/C15H23ClO3S/c1-14(2,3)11-8-10(20(16,17)18)9-12(13(11)19-7)15(4,5)6/h8-9H,1-7H3. The van der Waals surface area contributed by atoms with Gasteiger partial charge in [-0.05, 0) is 23.0 Å². The Morgan fingerprint density at radius 1 is 0.950 bits per heavy atom. The van der Waals surface area contributed by atoms with Crippen LogP contribution in [-0.4, -0.2) is 15.5 Å². The van der Waals surface area contributed by atoms with Crippen LogP contribution in [0.2, 0.25) is 0 Å². The predicted molar refractivity (Wildman–Crippen MR) is 83.4 cm³/mol. The van der Waals surface area contributed by atoms with Crippen molar-refractivity contribution < 1.29 is 13.2 Å². The number of hydrogen-bond donors (Lipinski definition) is 0. The van der Waals surface area contributed by atoms with Crippen LogP contribution in [0.3, 0.4) is 0 Å². The Balaban J connectivity index is 3.85. The van der Waals surface area contributed by atoms with Gasteiger partial charge in [0.25, 0.3) is 9.05 Å². The van der Waals surface area contributed by atoms with Gasteiger partial charge >= 0.3 is 0 Å². The van der Waals surface area contributed by atoms with Crippen molar-refractivity contribution in [3.05, 3.63) is 23.3 Å². The quantitative estimate of drug-likeness (QED) is 0.767. The van der Waals surface area contributed by atoms with Gasteiger partial charge in [-0.25, -0.2) is 8.42 Å². The first-order valence-electron chi connectivity index (χ1n) is 6.46. The molecule has 0 N–H and O–H groups in total. The zero-order valence-corrected chi connectivity index (χ0v) is 14.7. The molecule has 0 bridgehead atoms. The Hall–Kier alpha value is -0.740.